The first-order valence-electron chi connectivity index (χ1n) is 2.78. The van der Waals surface area contributed by atoms with Crippen molar-refractivity contribution < 1.29 is 8.42 Å². The van der Waals surface area contributed by atoms with Gasteiger partial charge < -0.3 is 5.73 Å². The lowest BCUT2D eigenvalue weighted by atomic mass is 10.6. The highest BCUT2D eigenvalue weighted by Gasteiger charge is 2.08. The van der Waals surface area contributed by atoms with Crippen LogP contribution in [0, 0.1) is 0 Å². The maximum atomic E-state index is 10.8. The molecule has 0 radical (unpaired) electrons. The van der Waals surface area contributed by atoms with Gasteiger partial charge in [0.1, 0.15) is 0 Å². The van der Waals surface area contributed by atoms with Crippen molar-refractivity contribution in [3.63, 3.8) is 0 Å². The van der Waals surface area contributed by atoms with Gasteiger partial charge in [0.05, 0.1) is 18.1 Å². The van der Waals surface area contributed by atoms with Crippen LogP contribution in [-0.2, 0) is 9.84 Å². The van der Waals surface area contributed by atoms with Crippen LogP contribution >= 0.6 is 0 Å². The summed E-state index contributed by atoms with van der Waals surface area (Å²) in [4.78, 5) is 7.05. The Morgan fingerprint density at radius 2 is 1.82 bits per heavy atom. The molecule has 0 spiro atoms. The van der Waals surface area contributed by atoms with Crippen molar-refractivity contribution in [3.05, 3.63) is 12.4 Å². The number of aromatic nitrogens is 2. The Morgan fingerprint density at radius 3 is 2.18 bits per heavy atom. The van der Waals surface area contributed by atoms with Crippen LogP contribution in [0.3, 0.4) is 0 Å². The van der Waals surface area contributed by atoms with Gasteiger partial charge in [-0.2, -0.15) is 0 Å². The Hall–Kier alpha value is -1.17. The molecule has 0 aliphatic rings. The van der Waals surface area contributed by atoms with Crippen molar-refractivity contribution in [2.75, 3.05) is 12.0 Å². The molecule has 1 aromatic heterocycles. The van der Waals surface area contributed by atoms with Gasteiger partial charge in [0, 0.05) is 6.26 Å². The molecule has 0 bridgehead atoms. The van der Waals surface area contributed by atoms with Crippen LogP contribution in [0.2, 0.25) is 0 Å². The van der Waals surface area contributed by atoms with Crippen molar-refractivity contribution in [1.29, 1.82) is 0 Å². The smallest absolute Gasteiger partial charge is 0.246 e. The van der Waals surface area contributed by atoms with Crippen LogP contribution in [-0.4, -0.2) is 24.6 Å². The Bertz CT molecular complexity index is 342. The molecule has 0 unspecified atom stereocenters. The fourth-order valence-electron chi connectivity index (χ4n) is 0.518. The number of nitrogens with two attached hydrogens (primary N) is 1. The standard InChI is InChI=1S/C5H7N3O2S/c1-11(9,10)5-7-2-4(6)3-8-5/h2-3H,6H2,1H3. The predicted molar refractivity (Wildman–Crippen MR) is 39.6 cm³/mol. The summed E-state index contributed by atoms with van der Waals surface area (Å²) in [6.07, 6.45) is 3.55. The zero-order valence-corrected chi connectivity index (χ0v) is 6.67. The summed E-state index contributed by atoms with van der Waals surface area (Å²) in [6, 6.07) is 0. The molecule has 0 aliphatic heterocycles. The van der Waals surface area contributed by atoms with Gasteiger partial charge in [-0.15, -0.1) is 0 Å². The van der Waals surface area contributed by atoms with Crippen molar-refractivity contribution in [1.82, 2.24) is 9.97 Å². The first-order chi connectivity index (χ1) is 5.00. The summed E-state index contributed by atoms with van der Waals surface area (Å²) in [5.41, 5.74) is 5.59. The highest BCUT2D eigenvalue weighted by atomic mass is 32.2. The number of anilines is 1. The lowest BCUT2D eigenvalue weighted by molar-refractivity contribution is 0.593. The summed E-state index contributed by atoms with van der Waals surface area (Å²) in [5.74, 6) is 0. The molecule has 11 heavy (non-hydrogen) atoms. The number of hydrogen-bond acceptors (Lipinski definition) is 5. The number of nitrogen functional groups attached to an aromatic ring is 1. The molecule has 1 aromatic rings. The van der Waals surface area contributed by atoms with E-state index in [1.165, 1.54) is 12.4 Å². The van der Waals surface area contributed by atoms with E-state index in [0.717, 1.165) is 6.26 Å². The van der Waals surface area contributed by atoms with E-state index in [1.54, 1.807) is 0 Å². The van der Waals surface area contributed by atoms with Crippen molar-refractivity contribution >= 4 is 15.5 Å². The first-order valence-corrected chi connectivity index (χ1v) is 4.67. The van der Waals surface area contributed by atoms with Crippen LogP contribution < -0.4 is 5.73 Å². The first kappa shape index (κ1) is 7.93. The molecule has 0 aliphatic carbocycles. The maximum absolute atomic E-state index is 10.8. The molecule has 1 heterocycles. The van der Waals surface area contributed by atoms with Gasteiger partial charge in [0.15, 0.2) is 0 Å². The summed E-state index contributed by atoms with van der Waals surface area (Å²) in [6.45, 7) is 0. The van der Waals surface area contributed by atoms with E-state index in [1.807, 2.05) is 0 Å². The fraction of sp³-hybridized carbons (Fsp3) is 0.200. The molecule has 60 valence electrons. The lowest BCUT2D eigenvalue weighted by Gasteiger charge is -1.94. The number of rotatable bonds is 1. The highest BCUT2D eigenvalue weighted by molar-refractivity contribution is 7.90. The maximum Gasteiger partial charge on any atom is 0.246 e. The average molecular weight is 173 g/mol. The molecular formula is C5H7N3O2S. The van der Waals surface area contributed by atoms with Gasteiger partial charge in [-0.25, -0.2) is 18.4 Å². The molecule has 5 nitrogen and oxygen atoms in total. The second-order valence-corrected chi connectivity index (χ2v) is 3.98. The molecule has 2 N–H and O–H groups in total. The van der Waals surface area contributed by atoms with Crippen LogP contribution in [0.5, 0.6) is 0 Å². The average Bonchev–Trinajstić information content (AvgIpc) is 1.86. The normalized spacial score (nSPS) is 11.4. The number of hydrogen-bond donors (Lipinski definition) is 1. The van der Waals surface area contributed by atoms with E-state index >= 15 is 0 Å². The Labute approximate surface area is 64.2 Å². The minimum Gasteiger partial charge on any atom is -0.396 e. The second kappa shape index (κ2) is 2.46. The van der Waals surface area contributed by atoms with Crippen LogP contribution in [0.15, 0.2) is 17.6 Å². The number of sulfone groups is 1. The molecular weight excluding hydrogens is 166 g/mol. The Morgan fingerprint density at radius 1 is 1.36 bits per heavy atom. The monoisotopic (exact) mass is 173 g/mol. The van der Waals surface area contributed by atoms with E-state index in [2.05, 4.69) is 9.97 Å². The SMILES string of the molecule is CS(=O)(=O)c1ncc(N)cn1. The van der Waals surface area contributed by atoms with Gasteiger partial charge >= 0.3 is 0 Å². The Balaban J connectivity index is 3.20. The summed E-state index contributed by atoms with van der Waals surface area (Å²) >= 11 is 0. The van der Waals surface area contributed by atoms with Gasteiger partial charge in [-0.1, -0.05) is 0 Å². The van der Waals surface area contributed by atoms with E-state index < -0.39 is 9.84 Å². The fourth-order valence-corrected chi connectivity index (χ4v) is 1.01. The van der Waals surface area contributed by atoms with Gasteiger partial charge in [-0.3, -0.25) is 0 Å². The zero-order valence-electron chi connectivity index (χ0n) is 5.85. The molecule has 0 aromatic carbocycles. The van der Waals surface area contributed by atoms with E-state index in [0.29, 0.717) is 5.69 Å². The molecule has 0 amide bonds. The van der Waals surface area contributed by atoms with Gasteiger partial charge in [0.25, 0.3) is 0 Å². The van der Waals surface area contributed by atoms with Crippen LogP contribution in [0.1, 0.15) is 0 Å². The van der Waals surface area contributed by atoms with E-state index in [-0.39, 0.29) is 5.16 Å². The largest absolute Gasteiger partial charge is 0.396 e. The summed E-state index contributed by atoms with van der Waals surface area (Å²) in [7, 11) is -3.30. The third-order valence-electron chi connectivity index (χ3n) is 0.980. The van der Waals surface area contributed by atoms with Gasteiger partial charge in [0.2, 0.25) is 15.0 Å². The minimum absolute atomic E-state index is 0.202. The van der Waals surface area contributed by atoms with Crippen molar-refractivity contribution in [3.8, 4) is 0 Å². The molecule has 0 saturated heterocycles. The second-order valence-electron chi connectivity index (χ2n) is 2.07. The molecule has 0 fully saturated rings. The third kappa shape index (κ3) is 1.87. The quantitative estimate of drug-likeness (QED) is 0.576. The molecule has 6 heteroatoms. The summed E-state index contributed by atoms with van der Waals surface area (Å²) < 4.78 is 21.6. The molecule has 1 rings (SSSR count). The van der Waals surface area contributed by atoms with Gasteiger partial charge in [-0.05, 0) is 0 Å². The van der Waals surface area contributed by atoms with Crippen molar-refractivity contribution in [2.45, 2.75) is 5.16 Å². The van der Waals surface area contributed by atoms with Crippen molar-refractivity contribution in [2.24, 2.45) is 0 Å². The lowest BCUT2D eigenvalue weighted by Crippen LogP contribution is -2.03. The third-order valence-corrected chi connectivity index (χ3v) is 1.85. The topological polar surface area (TPSA) is 85.9 Å². The van der Waals surface area contributed by atoms with E-state index in [9.17, 15) is 8.42 Å². The zero-order chi connectivity index (χ0) is 8.48. The van der Waals surface area contributed by atoms with Crippen LogP contribution in [0.4, 0.5) is 5.69 Å². The summed E-state index contributed by atoms with van der Waals surface area (Å²) in [5, 5.41) is -0.202. The minimum atomic E-state index is -3.30. The molecule has 0 atom stereocenters. The Kier molecular flexibility index (Phi) is 1.77. The highest BCUT2D eigenvalue weighted by Crippen LogP contribution is 2.01. The number of nitrogens with zero attached hydrogens (tertiary/aromatic N) is 2. The molecule has 0 saturated carbocycles. The van der Waals surface area contributed by atoms with Crippen LogP contribution in [0.25, 0.3) is 0 Å². The van der Waals surface area contributed by atoms with E-state index in [4.69, 9.17) is 5.73 Å². The predicted octanol–water partition coefficient (Wildman–Crippen LogP) is -0.538.